The van der Waals surface area contributed by atoms with Crippen molar-refractivity contribution in [3.63, 3.8) is 0 Å². The van der Waals surface area contributed by atoms with Crippen LogP contribution < -0.4 is 0 Å². The predicted octanol–water partition coefficient (Wildman–Crippen LogP) is 3.51. The smallest absolute Gasteiger partial charge is 0.256 e. The molecule has 0 atom stereocenters. The van der Waals surface area contributed by atoms with Crippen LogP contribution in [0.4, 0.5) is 0 Å². The molecule has 0 bridgehead atoms. The Bertz CT molecular complexity index is 850. The highest BCUT2D eigenvalue weighted by molar-refractivity contribution is 6.02. The predicted molar refractivity (Wildman–Crippen MR) is 101 cm³/mol. The summed E-state index contributed by atoms with van der Waals surface area (Å²) in [5, 5.41) is 6.10. The molecule has 0 aliphatic carbocycles. The first-order valence-corrected chi connectivity index (χ1v) is 8.98. The maximum Gasteiger partial charge on any atom is 0.256 e. The van der Waals surface area contributed by atoms with Gasteiger partial charge < -0.3 is 8.83 Å². The molecule has 1 aromatic carbocycles. The number of carbonyl (C=O) groups is 1. The minimum absolute atomic E-state index is 0.0287. The van der Waals surface area contributed by atoms with Crippen LogP contribution in [0.25, 0.3) is 0 Å². The lowest BCUT2D eigenvalue weighted by Gasteiger charge is -2.21. The van der Waals surface area contributed by atoms with Gasteiger partial charge in [-0.15, -0.1) is 0 Å². The van der Waals surface area contributed by atoms with Crippen LogP contribution in [0.3, 0.4) is 0 Å². The van der Waals surface area contributed by atoms with Crippen LogP contribution in [-0.4, -0.2) is 34.6 Å². The van der Waals surface area contributed by atoms with Crippen molar-refractivity contribution in [2.45, 2.75) is 19.5 Å². The fourth-order valence-corrected chi connectivity index (χ4v) is 3.16. The summed E-state index contributed by atoms with van der Waals surface area (Å²) in [7, 11) is 0. The summed E-state index contributed by atoms with van der Waals surface area (Å²) in [6, 6.07) is 17.5. The number of nitrogens with zero attached hydrogens (tertiary/aromatic N) is 3. The molecule has 2 aromatic heterocycles. The van der Waals surface area contributed by atoms with Gasteiger partial charge in [-0.25, -0.2) is 5.01 Å². The third-order valence-electron chi connectivity index (χ3n) is 4.47. The van der Waals surface area contributed by atoms with Gasteiger partial charge in [0.2, 0.25) is 0 Å². The number of hydrazone groups is 1. The molecule has 3 aromatic rings. The Balaban J connectivity index is 1.44. The van der Waals surface area contributed by atoms with Crippen LogP contribution in [0.5, 0.6) is 0 Å². The van der Waals surface area contributed by atoms with Crippen LogP contribution in [0.1, 0.15) is 23.5 Å². The highest BCUT2D eigenvalue weighted by atomic mass is 16.3. The van der Waals surface area contributed by atoms with E-state index in [1.54, 1.807) is 17.5 Å². The van der Waals surface area contributed by atoms with Crippen molar-refractivity contribution in [2.75, 3.05) is 13.1 Å². The first-order chi connectivity index (χ1) is 13.3. The number of hydrogen-bond acceptors (Lipinski definition) is 5. The molecule has 1 amide bonds. The van der Waals surface area contributed by atoms with E-state index in [4.69, 9.17) is 8.83 Å². The zero-order valence-corrected chi connectivity index (χ0v) is 15.0. The Labute approximate surface area is 157 Å². The molecule has 6 nitrogen and oxygen atoms in total. The van der Waals surface area contributed by atoms with Crippen molar-refractivity contribution >= 4 is 11.6 Å². The van der Waals surface area contributed by atoms with Crippen molar-refractivity contribution in [1.82, 2.24) is 9.91 Å². The summed E-state index contributed by atoms with van der Waals surface area (Å²) in [6.45, 7) is 1.91. The second kappa shape index (κ2) is 8.05. The van der Waals surface area contributed by atoms with Crippen molar-refractivity contribution in [1.29, 1.82) is 0 Å². The van der Waals surface area contributed by atoms with E-state index >= 15 is 0 Å². The Kier molecular flexibility index (Phi) is 5.16. The van der Waals surface area contributed by atoms with Crippen molar-refractivity contribution in [3.8, 4) is 0 Å². The van der Waals surface area contributed by atoms with Gasteiger partial charge in [0.15, 0.2) is 0 Å². The lowest BCUT2D eigenvalue weighted by molar-refractivity contribution is -0.132. The lowest BCUT2D eigenvalue weighted by atomic mass is 10.1. The lowest BCUT2D eigenvalue weighted by Crippen LogP contribution is -2.36. The fourth-order valence-electron chi connectivity index (χ4n) is 3.16. The Hall–Kier alpha value is -3.12. The second-order valence-corrected chi connectivity index (χ2v) is 6.48. The summed E-state index contributed by atoms with van der Waals surface area (Å²) >= 11 is 0. The monoisotopic (exact) mass is 363 g/mol. The fraction of sp³-hybridized carbons (Fsp3) is 0.238. The molecule has 0 spiro atoms. The third-order valence-corrected chi connectivity index (χ3v) is 4.47. The first kappa shape index (κ1) is 17.3. The van der Waals surface area contributed by atoms with Gasteiger partial charge in [-0.3, -0.25) is 9.69 Å². The topological polar surface area (TPSA) is 62.2 Å². The van der Waals surface area contributed by atoms with Crippen LogP contribution in [-0.2, 0) is 17.9 Å². The molecule has 3 heterocycles. The average molecular weight is 363 g/mol. The molecular weight excluding hydrogens is 342 g/mol. The van der Waals surface area contributed by atoms with Crippen LogP contribution >= 0.6 is 0 Å². The van der Waals surface area contributed by atoms with E-state index < -0.39 is 0 Å². The van der Waals surface area contributed by atoms with Gasteiger partial charge in [0, 0.05) is 6.42 Å². The highest BCUT2D eigenvalue weighted by Crippen LogP contribution is 2.16. The van der Waals surface area contributed by atoms with Gasteiger partial charge >= 0.3 is 0 Å². The molecule has 1 aliphatic rings. The van der Waals surface area contributed by atoms with Gasteiger partial charge in [-0.1, -0.05) is 30.3 Å². The number of hydrogen-bond donors (Lipinski definition) is 0. The van der Waals surface area contributed by atoms with E-state index in [1.807, 2.05) is 59.5 Å². The third kappa shape index (κ3) is 4.35. The number of furan rings is 2. The maximum absolute atomic E-state index is 12.8. The molecule has 0 N–H and O–H groups in total. The minimum atomic E-state index is -0.0287. The molecule has 0 unspecified atom stereocenters. The molecule has 138 valence electrons. The standard InChI is InChI=1S/C21H21N3O3/c25-21(24-11-10-20(22-24)17-6-2-1-3-7-17)16-23(14-18-8-4-12-26-18)15-19-9-5-13-27-19/h1-9,12-13H,10-11,14-16H2. The Morgan fingerprint density at radius 3 is 2.22 bits per heavy atom. The summed E-state index contributed by atoms with van der Waals surface area (Å²) in [6.07, 6.45) is 4.05. The maximum atomic E-state index is 12.8. The van der Waals surface area contributed by atoms with Crippen molar-refractivity contribution < 1.29 is 13.6 Å². The second-order valence-electron chi connectivity index (χ2n) is 6.48. The number of carbonyl (C=O) groups excluding carboxylic acids is 1. The summed E-state index contributed by atoms with van der Waals surface area (Å²) < 4.78 is 10.9. The van der Waals surface area contributed by atoms with Crippen LogP contribution in [0.15, 0.2) is 81.1 Å². The van der Waals surface area contributed by atoms with E-state index in [2.05, 4.69) is 5.10 Å². The quantitative estimate of drug-likeness (QED) is 0.644. The Morgan fingerprint density at radius 1 is 0.963 bits per heavy atom. The summed E-state index contributed by atoms with van der Waals surface area (Å²) in [4.78, 5) is 14.8. The van der Waals surface area contributed by atoms with E-state index in [9.17, 15) is 4.79 Å². The van der Waals surface area contributed by atoms with Gasteiger partial charge in [-0.05, 0) is 29.8 Å². The minimum Gasteiger partial charge on any atom is -0.468 e. The summed E-state index contributed by atoms with van der Waals surface area (Å²) in [5.74, 6) is 1.59. The zero-order valence-electron chi connectivity index (χ0n) is 15.0. The molecule has 1 aliphatic heterocycles. The largest absolute Gasteiger partial charge is 0.468 e. The van der Waals surface area contributed by atoms with E-state index in [-0.39, 0.29) is 12.5 Å². The highest BCUT2D eigenvalue weighted by Gasteiger charge is 2.24. The van der Waals surface area contributed by atoms with Gasteiger partial charge in [0.1, 0.15) is 11.5 Å². The first-order valence-electron chi connectivity index (χ1n) is 8.98. The number of benzene rings is 1. The van der Waals surface area contributed by atoms with E-state index in [0.717, 1.165) is 29.2 Å². The van der Waals surface area contributed by atoms with E-state index in [0.29, 0.717) is 19.6 Å². The van der Waals surface area contributed by atoms with E-state index in [1.165, 1.54) is 0 Å². The number of amides is 1. The molecule has 4 rings (SSSR count). The number of rotatable bonds is 7. The molecule has 0 saturated heterocycles. The molecule has 0 radical (unpaired) electrons. The Morgan fingerprint density at radius 2 is 1.63 bits per heavy atom. The van der Waals surface area contributed by atoms with Crippen molar-refractivity contribution in [3.05, 3.63) is 84.2 Å². The normalized spacial score (nSPS) is 14.0. The average Bonchev–Trinajstić information content (AvgIpc) is 3.45. The summed E-state index contributed by atoms with van der Waals surface area (Å²) in [5.41, 5.74) is 2.02. The molecular formula is C21H21N3O3. The van der Waals surface area contributed by atoms with Crippen LogP contribution in [0.2, 0.25) is 0 Å². The molecule has 0 saturated carbocycles. The van der Waals surface area contributed by atoms with Gasteiger partial charge in [0.05, 0.1) is 44.4 Å². The van der Waals surface area contributed by atoms with Crippen molar-refractivity contribution in [2.24, 2.45) is 5.10 Å². The molecule has 0 fully saturated rings. The van der Waals surface area contributed by atoms with Crippen LogP contribution in [0, 0.1) is 0 Å². The molecule has 27 heavy (non-hydrogen) atoms. The molecule has 6 heteroatoms. The zero-order chi connectivity index (χ0) is 18.5. The van der Waals surface area contributed by atoms with Gasteiger partial charge in [-0.2, -0.15) is 5.10 Å². The van der Waals surface area contributed by atoms with Gasteiger partial charge in [0.25, 0.3) is 5.91 Å². The SMILES string of the molecule is O=C(CN(Cc1ccco1)Cc1ccco1)N1CCC(c2ccccc2)=N1.